The molecular weight excluding hydrogens is 464 g/mol. The molecule has 0 saturated heterocycles. The minimum absolute atomic E-state index is 0.0881. The van der Waals surface area contributed by atoms with Crippen LogP contribution in [0.15, 0.2) is 23.0 Å². The summed E-state index contributed by atoms with van der Waals surface area (Å²) in [6.07, 6.45) is 3.67. The van der Waals surface area contributed by atoms with Crippen molar-refractivity contribution in [3.63, 3.8) is 0 Å². The predicted molar refractivity (Wildman–Crippen MR) is 149 cm³/mol. The fourth-order valence-corrected chi connectivity index (χ4v) is 5.61. The Morgan fingerprint density at radius 3 is 2.49 bits per heavy atom. The largest absolute Gasteiger partial charge is 0.348 e. The Labute approximate surface area is 219 Å². The first kappa shape index (κ1) is 26.8. The smallest absolute Gasteiger partial charge is 0.253 e. The molecule has 4 rings (SSSR count). The van der Waals surface area contributed by atoms with Crippen LogP contribution in [-0.2, 0) is 13.0 Å². The maximum absolute atomic E-state index is 13.7. The summed E-state index contributed by atoms with van der Waals surface area (Å²) in [6.45, 7) is 18.7. The summed E-state index contributed by atoms with van der Waals surface area (Å²) in [5, 5.41) is 12.3. The fourth-order valence-electron chi connectivity index (χ4n) is 5.61. The van der Waals surface area contributed by atoms with Crippen molar-refractivity contribution < 1.29 is 4.79 Å². The SMILES string of the molecule is CCc1nn(C(C)C)c2nc(C3=CC(C)(C)NC(C)(C)C3)cc(C(=O)NCc3c(C)cc(C)[nH]c3=O)c12. The number of aryl methyl sites for hydroxylation is 3. The molecule has 0 spiro atoms. The van der Waals surface area contributed by atoms with Crippen LogP contribution in [0.5, 0.6) is 0 Å². The molecule has 1 aliphatic heterocycles. The average molecular weight is 505 g/mol. The number of H-pyrrole nitrogens is 1. The minimum Gasteiger partial charge on any atom is -0.348 e. The lowest BCUT2D eigenvalue weighted by atomic mass is 9.82. The van der Waals surface area contributed by atoms with E-state index in [1.54, 1.807) is 0 Å². The monoisotopic (exact) mass is 504 g/mol. The van der Waals surface area contributed by atoms with Gasteiger partial charge in [-0.25, -0.2) is 9.67 Å². The zero-order valence-corrected chi connectivity index (χ0v) is 23.6. The summed E-state index contributed by atoms with van der Waals surface area (Å²) >= 11 is 0. The number of pyridine rings is 2. The van der Waals surface area contributed by atoms with Crippen molar-refractivity contribution in [2.24, 2.45) is 0 Å². The quantitative estimate of drug-likeness (QED) is 0.450. The van der Waals surface area contributed by atoms with Gasteiger partial charge in [0.1, 0.15) is 0 Å². The lowest BCUT2D eigenvalue weighted by Gasteiger charge is -2.41. The van der Waals surface area contributed by atoms with Crippen LogP contribution >= 0.6 is 0 Å². The standard InChI is InChI=1S/C29H40N6O2/c1-10-22-24-20(26(36)30-15-21-17(4)11-18(5)31-27(21)37)12-23(32-25(24)35(33-22)16(2)3)19-13-28(6,7)34-29(8,9)14-19/h11-13,16,34H,10,14-15H2,1-9H3,(H,30,36)(H,31,37). The first-order valence-corrected chi connectivity index (χ1v) is 13.1. The Bertz CT molecular complexity index is 1460. The lowest BCUT2D eigenvalue weighted by molar-refractivity contribution is 0.0952. The van der Waals surface area contributed by atoms with E-state index in [1.807, 2.05) is 37.6 Å². The Balaban J connectivity index is 1.85. The van der Waals surface area contributed by atoms with Crippen molar-refractivity contribution in [1.82, 2.24) is 30.4 Å². The van der Waals surface area contributed by atoms with Crippen LogP contribution < -0.4 is 16.2 Å². The maximum Gasteiger partial charge on any atom is 0.253 e. The summed E-state index contributed by atoms with van der Waals surface area (Å²) in [5.41, 5.74) is 5.69. The van der Waals surface area contributed by atoms with E-state index in [4.69, 9.17) is 10.1 Å². The number of nitrogens with one attached hydrogen (secondary N) is 3. The highest BCUT2D eigenvalue weighted by atomic mass is 16.1. The van der Waals surface area contributed by atoms with Crippen molar-refractivity contribution in [3.8, 4) is 0 Å². The molecule has 198 valence electrons. The molecule has 0 radical (unpaired) electrons. The van der Waals surface area contributed by atoms with Gasteiger partial charge in [-0.2, -0.15) is 5.10 Å². The van der Waals surface area contributed by atoms with Gasteiger partial charge in [-0.1, -0.05) is 13.0 Å². The number of nitrogens with zero attached hydrogens (tertiary/aromatic N) is 3. The molecule has 37 heavy (non-hydrogen) atoms. The van der Waals surface area contributed by atoms with E-state index in [0.29, 0.717) is 23.2 Å². The molecule has 1 aliphatic rings. The van der Waals surface area contributed by atoms with Gasteiger partial charge in [0, 0.05) is 34.9 Å². The highest BCUT2D eigenvalue weighted by molar-refractivity contribution is 6.07. The van der Waals surface area contributed by atoms with Crippen LogP contribution in [0.1, 0.15) is 99.5 Å². The third kappa shape index (κ3) is 5.39. The molecule has 0 saturated carbocycles. The number of amides is 1. The first-order chi connectivity index (χ1) is 17.2. The molecule has 0 unspecified atom stereocenters. The number of fused-ring (bicyclic) bond motifs is 1. The van der Waals surface area contributed by atoms with E-state index in [0.717, 1.165) is 40.0 Å². The Morgan fingerprint density at radius 2 is 1.89 bits per heavy atom. The third-order valence-electron chi connectivity index (χ3n) is 6.88. The van der Waals surface area contributed by atoms with Crippen LogP contribution in [0.4, 0.5) is 0 Å². The highest BCUT2D eigenvalue weighted by Crippen LogP contribution is 2.35. The number of carbonyl (C=O) groups excluding carboxylic acids is 1. The van der Waals surface area contributed by atoms with Crippen LogP contribution in [0.3, 0.4) is 0 Å². The van der Waals surface area contributed by atoms with Crippen LogP contribution in [0, 0.1) is 13.8 Å². The summed E-state index contributed by atoms with van der Waals surface area (Å²) in [5.74, 6) is -0.237. The second kappa shape index (κ2) is 9.56. The van der Waals surface area contributed by atoms with E-state index in [9.17, 15) is 9.59 Å². The molecule has 3 aromatic rings. The number of rotatable bonds is 6. The second-order valence-electron chi connectivity index (χ2n) is 11.8. The van der Waals surface area contributed by atoms with Gasteiger partial charge < -0.3 is 15.6 Å². The van der Waals surface area contributed by atoms with E-state index in [1.165, 1.54) is 0 Å². The Kier molecular flexibility index (Phi) is 6.92. The molecule has 8 nitrogen and oxygen atoms in total. The van der Waals surface area contributed by atoms with Crippen LogP contribution in [-0.4, -0.2) is 36.7 Å². The zero-order chi connectivity index (χ0) is 27.3. The van der Waals surface area contributed by atoms with E-state index >= 15 is 0 Å². The number of aromatic nitrogens is 4. The normalized spacial score (nSPS) is 16.8. The highest BCUT2D eigenvalue weighted by Gasteiger charge is 2.34. The summed E-state index contributed by atoms with van der Waals surface area (Å²) in [4.78, 5) is 34.2. The van der Waals surface area contributed by atoms with E-state index in [2.05, 4.69) is 63.2 Å². The van der Waals surface area contributed by atoms with Crippen molar-refractivity contribution in [2.45, 2.75) is 98.8 Å². The summed E-state index contributed by atoms with van der Waals surface area (Å²) < 4.78 is 1.92. The number of hydrogen-bond acceptors (Lipinski definition) is 5. The molecule has 3 N–H and O–H groups in total. The third-order valence-corrected chi connectivity index (χ3v) is 6.88. The Morgan fingerprint density at radius 1 is 1.19 bits per heavy atom. The molecule has 3 aromatic heterocycles. The molecule has 8 heteroatoms. The maximum atomic E-state index is 13.7. The van der Waals surface area contributed by atoms with E-state index < -0.39 is 0 Å². The molecule has 1 amide bonds. The first-order valence-electron chi connectivity index (χ1n) is 13.1. The van der Waals surface area contributed by atoms with Gasteiger partial charge in [0.05, 0.1) is 22.3 Å². The molecule has 0 aromatic carbocycles. The summed E-state index contributed by atoms with van der Waals surface area (Å²) in [6, 6.07) is 3.91. The van der Waals surface area contributed by atoms with Crippen molar-refractivity contribution >= 4 is 22.5 Å². The predicted octanol–water partition coefficient (Wildman–Crippen LogP) is 4.74. The zero-order valence-electron chi connectivity index (χ0n) is 23.6. The van der Waals surface area contributed by atoms with Gasteiger partial charge in [0.15, 0.2) is 5.65 Å². The van der Waals surface area contributed by atoms with Gasteiger partial charge in [-0.3, -0.25) is 9.59 Å². The minimum atomic E-state index is -0.237. The number of carbonyl (C=O) groups is 1. The fraction of sp³-hybridized carbons (Fsp3) is 0.517. The van der Waals surface area contributed by atoms with Gasteiger partial charge in [0.2, 0.25) is 0 Å². The summed E-state index contributed by atoms with van der Waals surface area (Å²) in [7, 11) is 0. The van der Waals surface area contributed by atoms with Crippen molar-refractivity contribution in [2.75, 3.05) is 0 Å². The molecule has 0 aliphatic carbocycles. The topological polar surface area (TPSA) is 105 Å². The molecule has 0 bridgehead atoms. The number of hydrogen-bond donors (Lipinski definition) is 3. The van der Waals surface area contributed by atoms with Gasteiger partial charge in [0.25, 0.3) is 11.5 Å². The molecule has 4 heterocycles. The van der Waals surface area contributed by atoms with Crippen molar-refractivity contribution in [3.05, 3.63) is 62.3 Å². The van der Waals surface area contributed by atoms with Crippen molar-refractivity contribution in [1.29, 1.82) is 0 Å². The van der Waals surface area contributed by atoms with Crippen LogP contribution in [0.25, 0.3) is 16.6 Å². The lowest BCUT2D eigenvalue weighted by Crippen LogP contribution is -2.53. The van der Waals surface area contributed by atoms with Gasteiger partial charge >= 0.3 is 0 Å². The van der Waals surface area contributed by atoms with Gasteiger partial charge in [-0.15, -0.1) is 0 Å². The number of aromatic amines is 1. The van der Waals surface area contributed by atoms with Crippen LogP contribution in [0.2, 0.25) is 0 Å². The van der Waals surface area contributed by atoms with E-state index in [-0.39, 0.29) is 35.1 Å². The second-order valence-corrected chi connectivity index (χ2v) is 11.8. The molecular formula is C29H40N6O2. The molecule has 0 atom stereocenters. The molecule has 0 fully saturated rings. The van der Waals surface area contributed by atoms with Gasteiger partial charge in [-0.05, 0) is 91.5 Å². The average Bonchev–Trinajstić information content (AvgIpc) is 3.14. The Hall–Kier alpha value is -3.26.